The van der Waals surface area contributed by atoms with Gasteiger partial charge in [-0.3, -0.25) is 18.7 Å². The van der Waals surface area contributed by atoms with Crippen LogP contribution in [0.1, 0.15) is 160 Å². The molecule has 146 heavy (non-hydrogen) atoms. The van der Waals surface area contributed by atoms with E-state index < -0.39 is 66.7 Å². The maximum Gasteiger partial charge on any atom is 0.498 e. The summed E-state index contributed by atoms with van der Waals surface area (Å²) >= 11 is 9.86. The minimum Gasteiger partial charge on any atom is -0.465 e. The van der Waals surface area contributed by atoms with Gasteiger partial charge in [0.2, 0.25) is 0 Å². The number of hydrogen-bond acceptors (Lipinski definition) is 20. The summed E-state index contributed by atoms with van der Waals surface area (Å²) in [7, 11) is 1.92. The van der Waals surface area contributed by atoms with Crippen LogP contribution >= 0.6 is 113 Å². The Morgan fingerprint density at radius 3 is 1.04 bits per heavy atom. The SMILES string of the molecule is CC1(C)OB(B2OC(C)(C)C(C)(C)O2)OC1(C)C.COC(=O)c1cnc(N(Cc2ccccc2)Cc2ccccc2)c2c1cc(I)n2S(=O)(=O)c1ccccc1.Cn1cc(-c2cccc(B3OC(C)(C)C(C)(C)O3)c2F)cn1.Cn1cc(-c2cccc(B3OC(C)(C)C(C)(C)O3)c2F)cn1.Cn1cc(-c2cccc(I)c2F)cn1.Cn1cc(B2OC(C)(C)C(C)(C)O2)cn1.Fc1c(I)cccc1I.Fc1ccccc1I. The van der Waals surface area contributed by atoms with Gasteiger partial charge in [0.05, 0.1) is 95.9 Å². The van der Waals surface area contributed by atoms with Crippen molar-refractivity contribution in [1.82, 2.24) is 48.1 Å². The van der Waals surface area contributed by atoms with Crippen molar-refractivity contribution >= 4 is 197 Å². The number of carbonyl (C=O) groups excluding carboxylic acids is 1. The second kappa shape index (κ2) is 47.3. The van der Waals surface area contributed by atoms with E-state index >= 15 is 0 Å². The molecule has 19 rings (SSSR count). The number of fused-ring (bicyclic) bond motifs is 1. The molecule has 5 saturated heterocycles. The highest BCUT2D eigenvalue weighted by Gasteiger charge is 2.64. The molecule has 0 saturated carbocycles. The fourth-order valence-electron chi connectivity index (χ4n) is 15.1. The zero-order valence-corrected chi connectivity index (χ0v) is 97.9. The topological polar surface area (TPSA) is 245 Å². The van der Waals surface area contributed by atoms with Crippen molar-refractivity contribution in [3.8, 4) is 33.4 Å². The molecule has 0 spiro atoms. The van der Waals surface area contributed by atoms with Gasteiger partial charge in [-0.1, -0.05) is 146 Å². The zero-order chi connectivity index (χ0) is 107. The van der Waals surface area contributed by atoms with Gasteiger partial charge in [-0.15, -0.1) is 0 Å². The standard InChI is InChI=1S/C29H24IN3O4S.2C16H20BFN2O2.C12H24B2O4.C10H17BN2O2.C10H8FIN2.C6H3FI2.C6H4FI/c1-37-29(34)25-18-31-28(32(19-21-11-5-2-6-12-21)20-22-13-7-3-8-14-22)27-24(25)17-26(30)33(27)38(35,36)23-15-9-4-10-16-23;2*1-15(2)16(3,4)22-17(21-15)13-8-6-7-12(14(13)18)11-9-19-20(5)10-11;1-9(2)10(3,4)16-13(15-9)14-17-11(5,6)12(7,8)18-14;1-9(2)10(3,4)15-11(14-9)8-6-12-13(5)7-8;1-14-6-7(5-13-14)8-3-2-4-9(12)10(8)11;7-6-4(8)2-1-3-5(6)9;7-5-3-1-2-4-6(5)8/h2-18H,19-20H2,1H3;2*6-10H,1-5H3;1-8H3;6-7H,1-5H3;2-6H,1H3;1-3H;1-4H. The van der Waals surface area contributed by atoms with Crippen LogP contribution in [0.15, 0.2) is 255 Å². The zero-order valence-electron chi connectivity index (χ0n) is 86.3. The summed E-state index contributed by atoms with van der Waals surface area (Å²) in [5.74, 6) is -1.23. The molecule has 0 unspecified atom stereocenters. The van der Waals surface area contributed by atoms with Gasteiger partial charge >= 0.3 is 41.3 Å². The number of ether oxygens (including phenoxy) is 1. The molecule has 0 radical (unpaired) electrons. The molecule has 0 N–H and O–H groups in total. The quantitative estimate of drug-likeness (QED) is 0.0304. The fourth-order valence-corrected chi connectivity index (χ4v) is 20.2. The van der Waals surface area contributed by atoms with Crippen LogP contribution in [0.3, 0.4) is 0 Å². The Labute approximate surface area is 922 Å². The summed E-state index contributed by atoms with van der Waals surface area (Å²) in [5, 5.41) is 16.8. The molecule has 0 bridgehead atoms. The van der Waals surface area contributed by atoms with Gasteiger partial charge < -0.3 is 56.2 Å². The van der Waals surface area contributed by atoms with Crippen molar-refractivity contribution < 1.29 is 86.4 Å². The third-order valence-electron chi connectivity index (χ3n) is 27.0. The van der Waals surface area contributed by atoms with Gasteiger partial charge in [-0.25, -0.2) is 44.1 Å². The minimum atomic E-state index is -4.01. The smallest absolute Gasteiger partial charge is 0.465 e. The van der Waals surface area contributed by atoms with Crippen LogP contribution < -0.4 is 21.3 Å². The molecule has 0 amide bonds. The van der Waals surface area contributed by atoms with Crippen LogP contribution in [-0.2, 0) is 103 Å². The van der Waals surface area contributed by atoms with E-state index in [2.05, 4.69) is 25.4 Å². The van der Waals surface area contributed by atoms with E-state index in [1.807, 2.05) is 368 Å². The van der Waals surface area contributed by atoms with Crippen LogP contribution in [0.5, 0.6) is 0 Å². The maximum atomic E-state index is 14.9. The molecule has 25 nitrogen and oxygen atoms in total. The lowest BCUT2D eigenvalue weighted by molar-refractivity contribution is 0.00578. The number of carbonyl (C=O) groups is 1. The van der Waals surface area contributed by atoms with Crippen LogP contribution in [-0.4, -0.2) is 161 Å². The number of hydrogen-bond donors (Lipinski definition) is 0. The van der Waals surface area contributed by atoms with Crippen molar-refractivity contribution in [2.24, 2.45) is 28.2 Å². The highest BCUT2D eigenvalue weighted by Crippen LogP contribution is 2.46. The first-order chi connectivity index (χ1) is 68.2. The number of benzene rings is 8. The average Bonchev–Trinajstić information content (AvgIpc) is 1.57. The number of aryl methyl sites for hydroxylation is 4. The molecule has 8 aromatic carbocycles. The van der Waals surface area contributed by atoms with Crippen LogP contribution in [0.25, 0.3) is 44.3 Å². The van der Waals surface area contributed by atoms with Crippen molar-refractivity contribution in [2.45, 2.75) is 212 Å². The van der Waals surface area contributed by atoms with Crippen LogP contribution in [0, 0.1) is 47.1 Å². The molecule has 41 heteroatoms. The minimum absolute atomic E-state index is 0.112. The summed E-state index contributed by atoms with van der Waals surface area (Å²) in [5.41, 5.74) is 4.31. The lowest BCUT2D eigenvalue weighted by atomic mass is 9.49. The molecule has 5 aliphatic rings. The number of pyridine rings is 1. The predicted molar refractivity (Wildman–Crippen MR) is 608 cm³/mol. The van der Waals surface area contributed by atoms with Crippen molar-refractivity contribution in [3.63, 3.8) is 0 Å². The third-order valence-corrected chi connectivity index (χ3v) is 33.2. The Morgan fingerprint density at radius 1 is 0.377 bits per heavy atom. The van der Waals surface area contributed by atoms with E-state index in [-0.39, 0.29) is 80.3 Å². The largest absolute Gasteiger partial charge is 0.498 e. The molecule has 0 atom stereocenters. The Morgan fingerprint density at radius 2 is 0.699 bits per heavy atom. The number of halogens is 10. The summed E-state index contributed by atoms with van der Waals surface area (Å²) < 4.78 is 172. The molecular weight excluding hydrogens is 2450 g/mol. The number of methoxy groups -OCH3 is 1. The lowest BCUT2D eigenvalue weighted by Gasteiger charge is -2.32. The second-order valence-corrected chi connectivity index (χ2v) is 47.8. The Bertz CT molecular complexity index is 6690. The Balaban J connectivity index is 0.000000155. The predicted octanol–water partition coefficient (Wildman–Crippen LogP) is 22.2. The first-order valence-corrected chi connectivity index (χ1v) is 53.7. The van der Waals surface area contributed by atoms with Crippen molar-refractivity contribution in [2.75, 3.05) is 12.0 Å². The second-order valence-electron chi connectivity index (χ2n) is 40.3. The van der Waals surface area contributed by atoms with E-state index in [0.29, 0.717) is 75.4 Å². The summed E-state index contributed by atoms with van der Waals surface area (Å²) in [6.07, 6.45) is 15.5. The Hall–Kier alpha value is -8.27. The summed E-state index contributed by atoms with van der Waals surface area (Å²) in [4.78, 5) is 19.6. The number of anilines is 1. The number of rotatable bonds is 15. The summed E-state index contributed by atoms with van der Waals surface area (Å²) in [6.45, 7) is 41.0. The van der Waals surface area contributed by atoms with Gasteiger partial charge in [0, 0.05) is 148 Å². The summed E-state index contributed by atoms with van der Waals surface area (Å²) in [6, 6.07) is 57.6. The van der Waals surface area contributed by atoms with Crippen LogP contribution in [0.2, 0.25) is 0 Å². The highest BCUT2D eigenvalue weighted by molar-refractivity contribution is 14.1. The fraction of sp³-hybridized carbons (Fsp3) is 0.352. The van der Waals surface area contributed by atoms with Gasteiger partial charge in [-0.05, 0) is 311 Å². The lowest BCUT2D eigenvalue weighted by Crippen LogP contribution is -2.41. The van der Waals surface area contributed by atoms with Gasteiger partial charge in [0.15, 0.2) is 5.82 Å². The van der Waals surface area contributed by atoms with E-state index in [4.69, 9.17) is 51.3 Å². The molecule has 6 aromatic heterocycles. The average molecular weight is 2580 g/mol. The van der Waals surface area contributed by atoms with E-state index in [1.54, 1.807) is 173 Å². The number of aromatic nitrogens is 10. The normalized spacial score (nSPS) is 17.3. The van der Waals surface area contributed by atoms with Crippen LogP contribution in [0.4, 0.5) is 27.8 Å². The van der Waals surface area contributed by atoms with Crippen molar-refractivity contribution in [3.05, 3.63) is 314 Å². The molecular formula is C105H120B5F5I5N11O14S. The Kier molecular flexibility index (Phi) is 37.7. The number of esters is 1. The molecule has 0 aliphatic carbocycles. The first kappa shape index (κ1) is 116. The molecule has 770 valence electrons. The molecule has 5 aliphatic heterocycles. The highest BCUT2D eigenvalue weighted by atomic mass is 127. The third kappa shape index (κ3) is 27.2. The van der Waals surface area contributed by atoms with Gasteiger partial charge in [-0.2, -0.15) is 20.4 Å². The van der Waals surface area contributed by atoms with E-state index in [0.717, 1.165) is 33.3 Å². The van der Waals surface area contributed by atoms with Gasteiger partial charge in [0.25, 0.3) is 10.0 Å². The molecule has 5 fully saturated rings. The van der Waals surface area contributed by atoms with E-state index in [9.17, 15) is 35.2 Å². The molecule has 14 aromatic rings. The monoisotopic (exact) mass is 2580 g/mol. The van der Waals surface area contributed by atoms with E-state index in [1.165, 1.54) is 23.3 Å². The number of nitrogens with zero attached hydrogens (tertiary/aromatic N) is 11. The first-order valence-electron chi connectivity index (χ1n) is 46.9. The van der Waals surface area contributed by atoms with Gasteiger partial charge in [0.1, 0.15) is 34.6 Å². The van der Waals surface area contributed by atoms with Crippen molar-refractivity contribution in [1.29, 1.82) is 0 Å². The molecule has 11 heterocycles. The maximum absolute atomic E-state index is 14.9.